The summed E-state index contributed by atoms with van der Waals surface area (Å²) in [4.78, 5) is 1.17. The molecule has 98 valence electrons. The minimum Gasteiger partial charge on any atom is -0.319 e. The first-order chi connectivity index (χ1) is 8.63. The number of hydrogen-bond acceptors (Lipinski definition) is 3. The van der Waals surface area contributed by atoms with Crippen LogP contribution in [0.25, 0.3) is 0 Å². The van der Waals surface area contributed by atoms with Crippen LogP contribution in [0.3, 0.4) is 0 Å². The van der Waals surface area contributed by atoms with E-state index in [0.717, 1.165) is 30.2 Å². The highest BCUT2D eigenvalue weighted by atomic mass is 35.5. The molecule has 0 amide bonds. The van der Waals surface area contributed by atoms with Crippen molar-refractivity contribution < 1.29 is 0 Å². The molecule has 0 aromatic carbocycles. The highest BCUT2D eigenvalue weighted by Gasteiger charge is 2.12. The van der Waals surface area contributed by atoms with Gasteiger partial charge in [0.25, 0.3) is 0 Å². The van der Waals surface area contributed by atoms with Gasteiger partial charge in [-0.15, -0.1) is 11.3 Å². The van der Waals surface area contributed by atoms with Crippen molar-refractivity contribution in [3.63, 3.8) is 0 Å². The molecule has 3 nitrogen and oxygen atoms in total. The number of halogens is 1. The van der Waals surface area contributed by atoms with Crippen LogP contribution in [0.5, 0.6) is 0 Å². The summed E-state index contributed by atoms with van der Waals surface area (Å²) in [5.74, 6) is 0. The van der Waals surface area contributed by atoms with E-state index in [1.165, 1.54) is 16.1 Å². The fraction of sp³-hybridized carbons (Fsp3) is 0.462. The Morgan fingerprint density at radius 3 is 2.83 bits per heavy atom. The molecule has 0 fully saturated rings. The predicted molar refractivity (Wildman–Crippen MR) is 77.8 cm³/mol. The average molecular weight is 284 g/mol. The largest absolute Gasteiger partial charge is 0.319 e. The Kier molecular flexibility index (Phi) is 4.43. The summed E-state index contributed by atoms with van der Waals surface area (Å²) >= 11 is 7.81. The Balaban J connectivity index is 2.22. The summed E-state index contributed by atoms with van der Waals surface area (Å²) in [5.41, 5.74) is 3.71. The molecule has 0 radical (unpaired) electrons. The van der Waals surface area contributed by atoms with Crippen LogP contribution in [0.4, 0.5) is 0 Å². The molecule has 18 heavy (non-hydrogen) atoms. The van der Waals surface area contributed by atoms with Crippen LogP contribution in [-0.2, 0) is 13.0 Å². The van der Waals surface area contributed by atoms with E-state index in [-0.39, 0.29) is 0 Å². The smallest absolute Gasteiger partial charge is 0.0770 e. The van der Waals surface area contributed by atoms with Gasteiger partial charge in [0.2, 0.25) is 0 Å². The van der Waals surface area contributed by atoms with Crippen LogP contribution in [0.2, 0.25) is 5.02 Å². The van der Waals surface area contributed by atoms with Crippen molar-refractivity contribution in [1.82, 2.24) is 15.1 Å². The monoisotopic (exact) mass is 283 g/mol. The summed E-state index contributed by atoms with van der Waals surface area (Å²) in [6.07, 6.45) is 1.02. The molecule has 0 atom stereocenters. The van der Waals surface area contributed by atoms with Gasteiger partial charge in [-0.3, -0.25) is 4.68 Å². The van der Waals surface area contributed by atoms with Gasteiger partial charge in [-0.25, -0.2) is 0 Å². The molecule has 2 aromatic rings. The third kappa shape index (κ3) is 2.76. The second-order valence-corrected chi connectivity index (χ2v) is 5.76. The van der Waals surface area contributed by atoms with Gasteiger partial charge >= 0.3 is 0 Å². The van der Waals surface area contributed by atoms with E-state index in [1.54, 1.807) is 11.3 Å². The maximum absolute atomic E-state index is 6.13. The average Bonchev–Trinajstić information content (AvgIpc) is 2.84. The second-order valence-electron chi connectivity index (χ2n) is 4.35. The molecular formula is C13H18ClN3S. The molecule has 2 heterocycles. The normalized spacial score (nSPS) is 11.1. The van der Waals surface area contributed by atoms with E-state index in [0.29, 0.717) is 0 Å². The number of nitrogens with one attached hydrogen (secondary N) is 1. The number of likely N-dealkylation sites (N-methyl/N-ethyl adjacent to an activating group) is 1. The summed E-state index contributed by atoms with van der Waals surface area (Å²) in [6.45, 7) is 5.95. The van der Waals surface area contributed by atoms with Crippen molar-refractivity contribution >= 4 is 22.9 Å². The number of rotatable bonds is 5. The van der Waals surface area contributed by atoms with E-state index in [4.69, 9.17) is 11.6 Å². The molecule has 2 rings (SSSR count). The van der Waals surface area contributed by atoms with E-state index in [1.807, 2.05) is 18.5 Å². The molecule has 0 bridgehead atoms. The first kappa shape index (κ1) is 13.6. The summed E-state index contributed by atoms with van der Waals surface area (Å²) < 4.78 is 2.05. The zero-order valence-corrected chi connectivity index (χ0v) is 12.5. The van der Waals surface area contributed by atoms with E-state index >= 15 is 0 Å². The summed E-state index contributed by atoms with van der Waals surface area (Å²) in [5, 5.41) is 10.7. The van der Waals surface area contributed by atoms with Crippen LogP contribution in [-0.4, -0.2) is 23.4 Å². The Morgan fingerprint density at radius 1 is 1.44 bits per heavy atom. The molecule has 0 unspecified atom stereocenters. The number of nitrogens with zero attached hydrogens (tertiary/aromatic N) is 2. The molecule has 0 aliphatic heterocycles. The number of hydrogen-bond donors (Lipinski definition) is 1. The molecule has 0 aliphatic rings. The lowest BCUT2D eigenvalue weighted by Gasteiger charge is -2.04. The molecular weight excluding hydrogens is 266 g/mol. The molecule has 1 N–H and O–H groups in total. The van der Waals surface area contributed by atoms with Gasteiger partial charge < -0.3 is 5.32 Å². The first-order valence-corrected chi connectivity index (χ1v) is 7.28. The Morgan fingerprint density at radius 2 is 2.22 bits per heavy atom. The SMILES string of the molecule is CNCCc1c(C)nn(Cc2sccc2Cl)c1C. The van der Waals surface area contributed by atoms with Crippen molar-refractivity contribution in [1.29, 1.82) is 0 Å². The van der Waals surface area contributed by atoms with Crippen LogP contribution < -0.4 is 5.32 Å². The maximum atomic E-state index is 6.13. The van der Waals surface area contributed by atoms with Gasteiger partial charge in [0.15, 0.2) is 0 Å². The van der Waals surface area contributed by atoms with Crippen molar-refractivity contribution in [2.45, 2.75) is 26.8 Å². The zero-order chi connectivity index (χ0) is 13.1. The maximum Gasteiger partial charge on any atom is 0.0770 e. The number of aryl methyl sites for hydroxylation is 1. The van der Waals surface area contributed by atoms with Crippen molar-refractivity contribution in [2.75, 3.05) is 13.6 Å². The van der Waals surface area contributed by atoms with Gasteiger partial charge in [0.05, 0.1) is 17.3 Å². The fourth-order valence-electron chi connectivity index (χ4n) is 2.07. The first-order valence-electron chi connectivity index (χ1n) is 6.02. The van der Waals surface area contributed by atoms with E-state index < -0.39 is 0 Å². The fourth-order valence-corrected chi connectivity index (χ4v) is 3.15. The second kappa shape index (κ2) is 5.87. The van der Waals surface area contributed by atoms with Crippen LogP contribution >= 0.6 is 22.9 Å². The minimum absolute atomic E-state index is 0.767. The van der Waals surface area contributed by atoms with Crippen LogP contribution in [0, 0.1) is 13.8 Å². The Bertz CT molecular complexity index is 530. The van der Waals surface area contributed by atoms with Crippen molar-refractivity contribution in [3.05, 3.63) is 38.3 Å². The Labute approximate surface area is 117 Å². The van der Waals surface area contributed by atoms with Gasteiger partial charge in [-0.1, -0.05) is 11.6 Å². The van der Waals surface area contributed by atoms with E-state index in [9.17, 15) is 0 Å². The molecule has 0 saturated heterocycles. The summed E-state index contributed by atoms with van der Waals surface area (Å²) in [7, 11) is 1.97. The minimum atomic E-state index is 0.767. The molecule has 0 saturated carbocycles. The standard InChI is InChI=1S/C13H18ClN3S/c1-9-11(4-6-15-3)10(2)17(16-9)8-13-12(14)5-7-18-13/h5,7,15H,4,6,8H2,1-3H3. The van der Waals surface area contributed by atoms with Crippen LogP contribution in [0.1, 0.15) is 21.8 Å². The van der Waals surface area contributed by atoms with Gasteiger partial charge in [0.1, 0.15) is 0 Å². The molecule has 2 aromatic heterocycles. The zero-order valence-electron chi connectivity index (χ0n) is 11.0. The number of aromatic nitrogens is 2. The number of thiophene rings is 1. The molecule has 0 spiro atoms. The van der Waals surface area contributed by atoms with Gasteiger partial charge in [-0.2, -0.15) is 5.10 Å². The quantitative estimate of drug-likeness (QED) is 0.914. The highest BCUT2D eigenvalue weighted by Crippen LogP contribution is 2.24. The summed E-state index contributed by atoms with van der Waals surface area (Å²) in [6, 6.07) is 1.94. The van der Waals surface area contributed by atoms with Crippen molar-refractivity contribution in [2.24, 2.45) is 0 Å². The lowest BCUT2D eigenvalue weighted by molar-refractivity contribution is 0.664. The lowest BCUT2D eigenvalue weighted by Crippen LogP contribution is -2.11. The molecule has 0 aliphatic carbocycles. The predicted octanol–water partition coefficient (Wildman–Crippen LogP) is 3.03. The van der Waals surface area contributed by atoms with Crippen LogP contribution in [0.15, 0.2) is 11.4 Å². The Hall–Kier alpha value is -0.840. The topological polar surface area (TPSA) is 29.9 Å². The van der Waals surface area contributed by atoms with Gasteiger partial charge in [0, 0.05) is 10.6 Å². The third-order valence-corrected chi connectivity index (χ3v) is 4.51. The third-order valence-electron chi connectivity index (χ3n) is 3.14. The lowest BCUT2D eigenvalue weighted by atomic mass is 10.1. The van der Waals surface area contributed by atoms with E-state index in [2.05, 4.69) is 28.9 Å². The molecule has 5 heteroatoms. The van der Waals surface area contributed by atoms with Gasteiger partial charge in [-0.05, 0) is 50.9 Å². The highest BCUT2D eigenvalue weighted by molar-refractivity contribution is 7.10. The van der Waals surface area contributed by atoms with Crippen molar-refractivity contribution in [3.8, 4) is 0 Å².